The van der Waals surface area contributed by atoms with Gasteiger partial charge in [-0.25, -0.2) is 0 Å². The van der Waals surface area contributed by atoms with E-state index in [1.807, 2.05) is 0 Å². The van der Waals surface area contributed by atoms with Gasteiger partial charge >= 0.3 is 0 Å². The van der Waals surface area contributed by atoms with E-state index in [9.17, 15) is 0 Å². The smallest absolute Gasteiger partial charge is 0.170 e. The Morgan fingerprint density at radius 1 is 1.00 bits per heavy atom. The fraction of sp³-hybridized carbons (Fsp3) is 0.750. The molecule has 0 aromatic carbocycles. The van der Waals surface area contributed by atoms with Crippen LogP contribution >= 0.6 is 7.05 Å². The topological polar surface area (TPSA) is 12.4 Å². The van der Waals surface area contributed by atoms with Crippen molar-refractivity contribution in [1.82, 2.24) is 0 Å². The average Bonchev–Trinajstić information content (AvgIpc) is 2.60. The van der Waals surface area contributed by atoms with E-state index in [0.29, 0.717) is 0 Å². The van der Waals surface area contributed by atoms with Crippen LogP contribution in [0.5, 0.6) is 0 Å². The molecule has 1 aliphatic carbocycles. The van der Waals surface area contributed by atoms with Crippen LogP contribution in [0.2, 0.25) is 19.6 Å². The fourth-order valence-corrected chi connectivity index (χ4v) is 14.3. The first-order valence-electron chi connectivity index (χ1n) is 7.31. The van der Waals surface area contributed by atoms with Crippen LogP contribution in [0, 0.1) is 0 Å². The second-order valence-electron chi connectivity index (χ2n) is 8.54. The maximum Gasteiger partial charge on any atom is 0.170 e. The van der Waals surface area contributed by atoms with Crippen LogP contribution in [-0.2, 0) is 0 Å². The Labute approximate surface area is 121 Å². The third kappa shape index (κ3) is 3.33. The highest BCUT2D eigenvalue weighted by Crippen LogP contribution is 2.76. The van der Waals surface area contributed by atoms with Gasteiger partial charge in [-0.2, -0.15) is 0 Å². The lowest BCUT2D eigenvalue weighted by molar-refractivity contribution is 0.699. The molecular weight excluding hydrogens is 265 g/mol. The Kier molecular flexibility index (Phi) is 4.50. The van der Waals surface area contributed by atoms with E-state index in [2.05, 4.69) is 79.4 Å². The molecule has 1 aliphatic rings. The molecule has 1 nitrogen and oxygen atoms in total. The summed E-state index contributed by atoms with van der Waals surface area (Å²) in [5.74, 6) is 0. The quantitative estimate of drug-likeness (QED) is 0.409. The van der Waals surface area contributed by atoms with Crippen molar-refractivity contribution in [3.63, 3.8) is 0 Å². The van der Waals surface area contributed by atoms with E-state index < -0.39 is 15.3 Å². The van der Waals surface area contributed by atoms with E-state index in [4.69, 9.17) is 4.41 Å². The van der Waals surface area contributed by atoms with E-state index in [1.54, 1.807) is 5.31 Å². The fourth-order valence-electron chi connectivity index (χ4n) is 3.36. The van der Waals surface area contributed by atoms with Gasteiger partial charge in [-0.15, -0.1) is 0 Å². The molecular formula is C16H32NPSi. The van der Waals surface area contributed by atoms with Crippen molar-refractivity contribution < 1.29 is 0 Å². The largest absolute Gasteiger partial charge is 0.333 e. The summed E-state index contributed by atoms with van der Waals surface area (Å²) in [6, 6.07) is 0. The molecule has 110 valence electrons. The molecule has 0 spiro atoms. The minimum atomic E-state index is -1.55. The molecule has 0 saturated carbocycles. The van der Waals surface area contributed by atoms with Crippen LogP contribution in [0.15, 0.2) is 28.0 Å². The second-order valence-corrected chi connectivity index (χ2v) is 18.2. The zero-order valence-corrected chi connectivity index (χ0v) is 16.2. The molecule has 0 aliphatic heterocycles. The van der Waals surface area contributed by atoms with Crippen molar-refractivity contribution in [2.45, 2.75) is 77.9 Å². The summed E-state index contributed by atoms with van der Waals surface area (Å²) in [7, 11) is -3.02. The Hall–Kier alpha value is -0.0731. The van der Waals surface area contributed by atoms with Gasteiger partial charge < -0.3 is 4.41 Å². The Bertz CT molecular complexity index is 433. The molecule has 0 radical (unpaired) electrons. The predicted molar refractivity (Wildman–Crippen MR) is 94.0 cm³/mol. The van der Waals surface area contributed by atoms with Crippen molar-refractivity contribution >= 4 is 15.3 Å². The Morgan fingerprint density at radius 3 is 1.74 bits per heavy atom. The predicted octanol–water partition coefficient (Wildman–Crippen LogP) is 6.46. The number of nitrogens with zero attached hydrogens (tertiary/aromatic N) is 1. The summed E-state index contributed by atoms with van der Waals surface area (Å²) < 4.78 is 5.61. The normalized spacial score (nSPS) is 17.6. The van der Waals surface area contributed by atoms with Gasteiger partial charge in [0, 0.05) is 0 Å². The van der Waals surface area contributed by atoms with Crippen molar-refractivity contribution in [2.24, 2.45) is 4.41 Å². The lowest BCUT2D eigenvalue weighted by Gasteiger charge is -2.49. The summed E-state index contributed by atoms with van der Waals surface area (Å²) in [6.45, 7) is 21.5. The van der Waals surface area contributed by atoms with E-state index in [0.717, 1.165) is 6.42 Å². The van der Waals surface area contributed by atoms with Crippen molar-refractivity contribution in [3.05, 3.63) is 23.5 Å². The maximum atomic E-state index is 5.61. The molecule has 3 heteroatoms. The van der Waals surface area contributed by atoms with Gasteiger partial charge in [0.1, 0.15) is 0 Å². The molecule has 0 amide bonds. The summed E-state index contributed by atoms with van der Waals surface area (Å²) in [5.41, 5.74) is 0. The van der Waals surface area contributed by atoms with Crippen LogP contribution in [0.1, 0.15) is 48.0 Å². The zero-order valence-electron chi connectivity index (χ0n) is 14.3. The number of allylic oxidation sites excluding steroid dienone is 4. The molecule has 0 fully saturated rings. The first kappa shape index (κ1) is 17.0. The first-order chi connectivity index (χ1) is 8.31. The van der Waals surface area contributed by atoms with Gasteiger partial charge in [-0.3, -0.25) is 0 Å². The van der Waals surface area contributed by atoms with Gasteiger partial charge in [0.2, 0.25) is 0 Å². The summed E-state index contributed by atoms with van der Waals surface area (Å²) in [5, 5.41) is 2.09. The van der Waals surface area contributed by atoms with Gasteiger partial charge in [0.15, 0.2) is 8.24 Å². The summed E-state index contributed by atoms with van der Waals surface area (Å²) >= 11 is 0. The highest BCUT2D eigenvalue weighted by molar-refractivity contribution is 7.74. The standard InChI is InChI=1S/C16H32NPSi/c1-15(2,3)18(16(4,5)6,17-19(7,8)9)14-12-10-11-13-14/h10-12H,13H2,1-9H3. The van der Waals surface area contributed by atoms with Crippen LogP contribution in [0.25, 0.3) is 0 Å². The van der Waals surface area contributed by atoms with Gasteiger partial charge in [-0.1, -0.05) is 79.4 Å². The highest BCUT2D eigenvalue weighted by Gasteiger charge is 2.46. The number of hydrogen-bond donors (Lipinski definition) is 0. The molecule has 0 heterocycles. The van der Waals surface area contributed by atoms with Crippen LogP contribution in [0.4, 0.5) is 0 Å². The third-order valence-corrected chi connectivity index (χ3v) is 12.2. The van der Waals surface area contributed by atoms with Crippen LogP contribution < -0.4 is 0 Å². The van der Waals surface area contributed by atoms with Crippen molar-refractivity contribution in [3.8, 4) is 0 Å². The molecule has 0 aromatic rings. The lowest BCUT2D eigenvalue weighted by Crippen LogP contribution is -2.32. The molecule has 19 heavy (non-hydrogen) atoms. The molecule has 0 unspecified atom stereocenters. The molecule has 0 aromatic heterocycles. The molecule has 0 atom stereocenters. The van der Waals surface area contributed by atoms with Crippen molar-refractivity contribution in [1.29, 1.82) is 0 Å². The van der Waals surface area contributed by atoms with Gasteiger partial charge in [0.05, 0.1) is 0 Å². The summed E-state index contributed by atoms with van der Waals surface area (Å²) in [6.07, 6.45) is 7.98. The van der Waals surface area contributed by atoms with E-state index in [1.165, 1.54) is 0 Å². The zero-order chi connectivity index (χ0) is 15.1. The molecule has 0 bridgehead atoms. The second kappa shape index (κ2) is 5.04. The van der Waals surface area contributed by atoms with E-state index in [-0.39, 0.29) is 10.3 Å². The molecule has 0 saturated heterocycles. The third-order valence-electron chi connectivity index (χ3n) is 3.56. The van der Waals surface area contributed by atoms with E-state index >= 15 is 0 Å². The van der Waals surface area contributed by atoms with Gasteiger partial charge in [0.25, 0.3) is 0 Å². The molecule has 1 rings (SSSR count). The minimum absolute atomic E-state index is 0.239. The minimum Gasteiger partial charge on any atom is -0.333 e. The number of rotatable bonds is 2. The monoisotopic (exact) mass is 297 g/mol. The van der Waals surface area contributed by atoms with Crippen LogP contribution in [-0.4, -0.2) is 18.5 Å². The summed E-state index contributed by atoms with van der Waals surface area (Å²) in [4.78, 5) is 0. The maximum absolute atomic E-state index is 5.61. The highest BCUT2D eigenvalue weighted by atomic mass is 31.2. The lowest BCUT2D eigenvalue weighted by atomic mass is 10.2. The Balaban J connectivity index is 3.69. The van der Waals surface area contributed by atoms with Crippen LogP contribution in [0.3, 0.4) is 0 Å². The average molecular weight is 297 g/mol. The first-order valence-corrected chi connectivity index (χ1v) is 12.5. The number of hydrogen-bond acceptors (Lipinski definition) is 1. The van der Waals surface area contributed by atoms with Gasteiger partial charge in [-0.05, 0) is 29.1 Å². The molecule has 0 N–H and O–H groups in total. The Morgan fingerprint density at radius 2 is 1.47 bits per heavy atom. The van der Waals surface area contributed by atoms with Crippen molar-refractivity contribution in [2.75, 3.05) is 0 Å². The SMILES string of the molecule is CC(C)(C)P(=N[Si](C)(C)C)(C1=CC=CC1)C(C)(C)C.